The molecule has 0 aromatic carbocycles. The third-order valence-corrected chi connectivity index (χ3v) is 4.50. The van der Waals surface area contributed by atoms with Crippen LogP contribution >= 0.6 is 0 Å². The van der Waals surface area contributed by atoms with Crippen molar-refractivity contribution in [3.05, 3.63) is 0 Å². The largest absolute Gasteiger partial charge is 0.382 e. The lowest BCUT2D eigenvalue weighted by Gasteiger charge is -2.31. The molecule has 104 valence electrons. The van der Waals surface area contributed by atoms with E-state index in [1.165, 1.54) is 13.0 Å². The van der Waals surface area contributed by atoms with Crippen molar-refractivity contribution in [2.24, 2.45) is 11.8 Å². The Morgan fingerprint density at radius 3 is 2.94 bits per heavy atom. The van der Waals surface area contributed by atoms with E-state index in [9.17, 15) is 4.79 Å². The number of amides is 1. The van der Waals surface area contributed by atoms with Crippen LogP contribution in [-0.2, 0) is 9.53 Å². The van der Waals surface area contributed by atoms with E-state index >= 15 is 0 Å². The first-order valence-corrected chi connectivity index (χ1v) is 7.22. The molecule has 4 heteroatoms. The van der Waals surface area contributed by atoms with Crippen molar-refractivity contribution in [3.63, 3.8) is 0 Å². The molecule has 0 aromatic rings. The summed E-state index contributed by atoms with van der Waals surface area (Å²) < 4.78 is 5.16. The molecular weight excluding hydrogens is 228 g/mol. The second kappa shape index (κ2) is 6.53. The van der Waals surface area contributed by atoms with E-state index in [1.54, 1.807) is 7.11 Å². The zero-order chi connectivity index (χ0) is 13.0. The van der Waals surface area contributed by atoms with Crippen molar-refractivity contribution in [1.82, 2.24) is 10.6 Å². The highest BCUT2D eigenvalue weighted by molar-refractivity contribution is 5.76. The van der Waals surface area contributed by atoms with Crippen LogP contribution in [0.15, 0.2) is 0 Å². The summed E-state index contributed by atoms with van der Waals surface area (Å²) in [6, 6.07) is 0.400. The van der Waals surface area contributed by atoms with E-state index in [1.807, 2.05) is 6.92 Å². The molecule has 2 unspecified atom stereocenters. The molecule has 2 aliphatic rings. The molecule has 1 saturated heterocycles. The lowest BCUT2D eigenvalue weighted by molar-refractivity contribution is -0.122. The first-order chi connectivity index (χ1) is 8.69. The Labute approximate surface area is 110 Å². The number of fused-ring (bicyclic) bond motifs is 1. The van der Waals surface area contributed by atoms with Gasteiger partial charge in [0, 0.05) is 19.6 Å². The molecule has 0 aromatic heterocycles. The third-order valence-electron chi connectivity index (χ3n) is 4.50. The van der Waals surface area contributed by atoms with E-state index in [0.717, 1.165) is 37.6 Å². The highest BCUT2D eigenvalue weighted by atomic mass is 16.5. The topological polar surface area (TPSA) is 50.4 Å². The second-order valence-electron chi connectivity index (χ2n) is 5.84. The van der Waals surface area contributed by atoms with Crippen molar-refractivity contribution in [3.8, 4) is 0 Å². The fourth-order valence-corrected chi connectivity index (χ4v) is 3.18. The third kappa shape index (κ3) is 3.69. The van der Waals surface area contributed by atoms with Gasteiger partial charge in [0.25, 0.3) is 0 Å². The molecule has 0 spiro atoms. The molecule has 4 nitrogen and oxygen atoms in total. The van der Waals surface area contributed by atoms with Crippen molar-refractivity contribution in [1.29, 1.82) is 0 Å². The number of rotatable bonds is 5. The van der Waals surface area contributed by atoms with Crippen LogP contribution in [0.2, 0.25) is 0 Å². The quantitative estimate of drug-likeness (QED) is 0.777. The van der Waals surface area contributed by atoms with Gasteiger partial charge in [0.05, 0.1) is 6.10 Å². The summed E-state index contributed by atoms with van der Waals surface area (Å²) in [5.74, 6) is 1.82. The van der Waals surface area contributed by atoms with Crippen LogP contribution in [0, 0.1) is 11.8 Å². The predicted octanol–water partition coefficient (Wildman–Crippen LogP) is 1.31. The molecule has 0 bridgehead atoms. The Balaban J connectivity index is 1.68. The number of methoxy groups -OCH3 is 1. The maximum Gasteiger partial charge on any atom is 0.220 e. The maximum atomic E-state index is 11.8. The van der Waals surface area contributed by atoms with Crippen molar-refractivity contribution < 1.29 is 9.53 Å². The van der Waals surface area contributed by atoms with Gasteiger partial charge in [-0.25, -0.2) is 0 Å². The molecule has 0 radical (unpaired) electrons. The van der Waals surface area contributed by atoms with Gasteiger partial charge >= 0.3 is 0 Å². The average Bonchev–Trinajstić information content (AvgIpc) is 2.83. The predicted molar refractivity (Wildman–Crippen MR) is 71.3 cm³/mol. The SMILES string of the molecule is COC(C)CCC(=O)NC1CC[C@H]2CNC[C@H]2C1. The van der Waals surface area contributed by atoms with Crippen LogP contribution in [0.5, 0.6) is 0 Å². The second-order valence-corrected chi connectivity index (χ2v) is 5.84. The standard InChI is InChI=1S/C14H26N2O2/c1-10(18-2)3-6-14(17)16-13-5-4-11-8-15-9-12(11)7-13/h10-13,15H,3-9H2,1-2H3,(H,16,17)/t10?,11-,12+,13?/m0/s1. The van der Waals surface area contributed by atoms with Gasteiger partial charge in [-0.2, -0.15) is 0 Å². The number of hydrogen-bond acceptors (Lipinski definition) is 3. The molecule has 18 heavy (non-hydrogen) atoms. The molecule has 2 N–H and O–H groups in total. The van der Waals surface area contributed by atoms with E-state index in [0.29, 0.717) is 12.5 Å². The summed E-state index contributed by atoms with van der Waals surface area (Å²) in [7, 11) is 1.69. The minimum Gasteiger partial charge on any atom is -0.382 e. The van der Waals surface area contributed by atoms with Crippen molar-refractivity contribution >= 4 is 5.91 Å². The van der Waals surface area contributed by atoms with Gasteiger partial charge in [-0.1, -0.05) is 0 Å². The summed E-state index contributed by atoms with van der Waals surface area (Å²) in [5.41, 5.74) is 0. The fraction of sp³-hybridized carbons (Fsp3) is 0.929. The van der Waals surface area contributed by atoms with Crippen LogP contribution < -0.4 is 10.6 Å². The minimum atomic E-state index is 0.172. The molecule has 2 rings (SSSR count). The molecule has 1 saturated carbocycles. The highest BCUT2D eigenvalue weighted by Gasteiger charge is 2.34. The van der Waals surface area contributed by atoms with Gasteiger partial charge in [-0.05, 0) is 57.5 Å². The van der Waals surface area contributed by atoms with E-state index < -0.39 is 0 Å². The molecule has 1 aliphatic heterocycles. The van der Waals surface area contributed by atoms with Gasteiger partial charge in [-0.3, -0.25) is 4.79 Å². The van der Waals surface area contributed by atoms with Crippen LogP contribution in [0.25, 0.3) is 0 Å². The molecule has 4 atom stereocenters. The molecule has 2 fully saturated rings. The van der Waals surface area contributed by atoms with Crippen LogP contribution in [0.3, 0.4) is 0 Å². The van der Waals surface area contributed by atoms with Gasteiger partial charge in [-0.15, -0.1) is 0 Å². The molecule has 1 heterocycles. The fourth-order valence-electron chi connectivity index (χ4n) is 3.18. The van der Waals surface area contributed by atoms with Gasteiger partial charge in [0.15, 0.2) is 0 Å². The monoisotopic (exact) mass is 254 g/mol. The zero-order valence-electron chi connectivity index (χ0n) is 11.6. The van der Waals surface area contributed by atoms with E-state index in [2.05, 4.69) is 10.6 Å². The van der Waals surface area contributed by atoms with Gasteiger partial charge in [0.1, 0.15) is 0 Å². The van der Waals surface area contributed by atoms with Crippen LogP contribution in [-0.4, -0.2) is 38.3 Å². The zero-order valence-corrected chi connectivity index (χ0v) is 11.6. The first-order valence-electron chi connectivity index (χ1n) is 7.22. The minimum absolute atomic E-state index is 0.172. The number of carbonyl (C=O) groups is 1. The Bertz CT molecular complexity index is 283. The van der Waals surface area contributed by atoms with Crippen molar-refractivity contribution in [2.75, 3.05) is 20.2 Å². The molecule has 1 amide bonds. The van der Waals surface area contributed by atoms with Crippen LogP contribution in [0.4, 0.5) is 0 Å². The Hall–Kier alpha value is -0.610. The first kappa shape index (κ1) is 13.8. The lowest BCUT2D eigenvalue weighted by Crippen LogP contribution is -2.40. The van der Waals surface area contributed by atoms with Gasteiger partial charge < -0.3 is 15.4 Å². The molecule has 1 aliphatic carbocycles. The highest BCUT2D eigenvalue weighted by Crippen LogP contribution is 2.32. The number of nitrogens with one attached hydrogen (secondary N) is 2. The van der Waals surface area contributed by atoms with Gasteiger partial charge in [0.2, 0.25) is 5.91 Å². The maximum absolute atomic E-state index is 11.8. The number of hydrogen-bond donors (Lipinski definition) is 2. The van der Waals surface area contributed by atoms with E-state index in [-0.39, 0.29) is 12.0 Å². The summed E-state index contributed by atoms with van der Waals surface area (Å²) in [4.78, 5) is 11.8. The summed E-state index contributed by atoms with van der Waals surface area (Å²) >= 11 is 0. The lowest BCUT2D eigenvalue weighted by atomic mass is 9.79. The van der Waals surface area contributed by atoms with Crippen LogP contribution in [0.1, 0.15) is 39.0 Å². The summed E-state index contributed by atoms with van der Waals surface area (Å²) in [5, 5.41) is 6.65. The Morgan fingerprint density at radius 2 is 2.17 bits per heavy atom. The average molecular weight is 254 g/mol. The van der Waals surface area contributed by atoms with E-state index in [4.69, 9.17) is 4.74 Å². The summed E-state index contributed by atoms with van der Waals surface area (Å²) in [6.45, 7) is 4.32. The molecular formula is C14H26N2O2. The number of carbonyl (C=O) groups excluding carboxylic acids is 1. The smallest absolute Gasteiger partial charge is 0.220 e. The summed E-state index contributed by atoms with van der Waals surface area (Å²) in [6.07, 6.45) is 5.13. The Morgan fingerprint density at radius 1 is 1.39 bits per heavy atom. The Kier molecular flexibility index (Phi) is 5.01. The number of ether oxygens (including phenoxy) is 1. The normalized spacial score (nSPS) is 32.9. The van der Waals surface area contributed by atoms with Crippen molar-refractivity contribution in [2.45, 2.75) is 51.2 Å².